The van der Waals surface area contributed by atoms with Crippen LogP contribution in [0.4, 0.5) is 5.82 Å². The van der Waals surface area contributed by atoms with E-state index < -0.39 is 0 Å². The molecule has 1 amide bonds. The Kier molecular flexibility index (Phi) is 8.38. The van der Waals surface area contributed by atoms with Crippen LogP contribution in [0.25, 0.3) is 5.69 Å². The maximum Gasteiger partial charge on any atom is 0.254 e. The highest BCUT2D eigenvalue weighted by molar-refractivity contribution is 5.95. The lowest BCUT2D eigenvalue weighted by Crippen LogP contribution is -2.47. The van der Waals surface area contributed by atoms with Crippen molar-refractivity contribution >= 4 is 11.7 Å². The smallest absolute Gasteiger partial charge is 0.254 e. The molecule has 3 aromatic rings. The zero-order chi connectivity index (χ0) is 26.5. The average Bonchev–Trinajstić information content (AvgIpc) is 3.26. The molecule has 37 heavy (non-hydrogen) atoms. The molecule has 0 atom stereocenters. The summed E-state index contributed by atoms with van der Waals surface area (Å²) in [5.41, 5.74) is 3.56. The number of nitrogens with zero attached hydrogens (tertiary/aromatic N) is 5. The van der Waals surface area contributed by atoms with Crippen LogP contribution in [-0.2, 0) is 6.54 Å². The van der Waals surface area contributed by atoms with Gasteiger partial charge in [0.1, 0.15) is 17.3 Å². The second-order valence-corrected chi connectivity index (χ2v) is 9.68. The quantitative estimate of drug-likeness (QED) is 0.430. The van der Waals surface area contributed by atoms with Crippen molar-refractivity contribution in [2.24, 2.45) is 0 Å². The molecule has 0 saturated carbocycles. The molecule has 0 aliphatic carbocycles. The third-order valence-corrected chi connectivity index (χ3v) is 7.09. The van der Waals surface area contributed by atoms with Gasteiger partial charge in [-0.25, -0.2) is 4.68 Å². The van der Waals surface area contributed by atoms with E-state index in [0.29, 0.717) is 23.6 Å². The van der Waals surface area contributed by atoms with Crippen molar-refractivity contribution < 1.29 is 14.3 Å². The molecule has 4 rings (SSSR count). The molecule has 1 fully saturated rings. The molecule has 1 aliphatic heterocycles. The minimum atomic E-state index is -0.0687. The van der Waals surface area contributed by atoms with Gasteiger partial charge in [-0.3, -0.25) is 4.79 Å². The Labute approximate surface area is 220 Å². The molecule has 0 spiro atoms. The molecule has 2 heterocycles. The topological polar surface area (TPSA) is 63.1 Å². The van der Waals surface area contributed by atoms with Gasteiger partial charge in [0.2, 0.25) is 0 Å². The zero-order valence-electron chi connectivity index (χ0n) is 22.9. The first-order valence-corrected chi connectivity index (χ1v) is 13.0. The Morgan fingerprint density at radius 3 is 2.16 bits per heavy atom. The van der Waals surface area contributed by atoms with Crippen molar-refractivity contribution in [3.05, 3.63) is 65.4 Å². The van der Waals surface area contributed by atoms with Crippen LogP contribution in [0, 0.1) is 6.92 Å². The van der Waals surface area contributed by atoms with Crippen molar-refractivity contribution in [2.45, 2.75) is 40.3 Å². The second-order valence-electron chi connectivity index (χ2n) is 9.68. The van der Waals surface area contributed by atoms with E-state index in [0.717, 1.165) is 55.5 Å². The molecule has 0 radical (unpaired) electrons. The summed E-state index contributed by atoms with van der Waals surface area (Å²) in [7, 11) is 3.18. The van der Waals surface area contributed by atoms with E-state index in [9.17, 15) is 4.79 Å². The van der Waals surface area contributed by atoms with E-state index in [-0.39, 0.29) is 11.9 Å². The molecule has 0 N–H and O–H groups in total. The van der Waals surface area contributed by atoms with E-state index in [1.807, 2.05) is 48.6 Å². The number of rotatable bonds is 9. The number of carbonyl (C=O) groups is 1. The Morgan fingerprint density at radius 1 is 1.00 bits per heavy atom. The van der Waals surface area contributed by atoms with Gasteiger partial charge in [0.05, 0.1) is 32.1 Å². The number of ether oxygens (including phenoxy) is 2. The van der Waals surface area contributed by atoms with Crippen molar-refractivity contribution in [1.82, 2.24) is 19.6 Å². The van der Waals surface area contributed by atoms with E-state index in [4.69, 9.17) is 14.6 Å². The number of carbonyl (C=O) groups excluding carboxylic acids is 1. The maximum atomic E-state index is 13.9. The molecule has 0 unspecified atom stereocenters. The van der Waals surface area contributed by atoms with Crippen molar-refractivity contribution in [2.75, 3.05) is 51.8 Å². The van der Waals surface area contributed by atoms with Crippen molar-refractivity contribution in [3.8, 4) is 17.2 Å². The molecular formula is C29H39N5O3. The Bertz CT molecular complexity index is 1180. The fourth-order valence-electron chi connectivity index (χ4n) is 4.84. The Morgan fingerprint density at radius 2 is 1.62 bits per heavy atom. The van der Waals surface area contributed by atoms with E-state index in [1.165, 1.54) is 0 Å². The van der Waals surface area contributed by atoms with Crippen LogP contribution in [0.15, 0.2) is 48.5 Å². The zero-order valence-corrected chi connectivity index (χ0v) is 22.9. The lowest BCUT2D eigenvalue weighted by molar-refractivity contribution is 0.0689. The number of anilines is 1. The van der Waals surface area contributed by atoms with Gasteiger partial charge in [0, 0.05) is 49.4 Å². The third-order valence-electron chi connectivity index (χ3n) is 7.09. The number of piperazine rings is 1. The largest absolute Gasteiger partial charge is 0.497 e. The summed E-state index contributed by atoms with van der Waals surface area (Å²) in [5.74, 6) is 2.19. The summed E-state index contributed by atoms with van der Waals surface area (Å²) in [5, 5.41) is 4.98. The number of para-hydroxylation sites is 1. The maximum absolute atomic E-state index is 13.9. The predicted octanol–water partition coefficient (Wildman–Crippen LogP) is 4.39. The average molecular weight is 506 g/mol. The monoisotopic (exact) mass is 505 g/mol. The van der Waals surface area contributed by atoms with E-state index >= 15 is 0 Å². The van der Waals surface area contributed by atoms with Gasteiger partial charge in [-0.05, 0) is 51.6 Å². The van der Waals surface area contributed by atoms with Gasteiger partial charge in [0.25, 0.3) is 5.91 Å². The molecular weight excluding hydrogens is 466 g/mol. The molecule has 198 valence electrons. The minimum absolute atomic E-state index is 0.0195. The molecule has 8 nitrogen and oxygen atoms in total. The summed E-state index contributed by atoms with van der Waals surface area (Å²) < 4.78 is 12.9. The van der Waals surface area contributed by atoms with Crippen LogP contribution >= 0.6 is 0 Å². The minimum Gasteiger partial charge on any atom is -0.497 e. The summed E-state index contributed by atoms with van der Waals surface area (Å²) in [6, 6.07) is 15.5. The Balaban J connectivity index is 1.74. The second kappa shape index (κ2) is 11.7. The van der Waals surface area contributed by atoms with Crippen LogP contribution in [0.3, 0.4) is 0 Å². The molecule has 1 saturated heterocycles. The highest BCUT2D eigenvalue weighted by atomic mass is 16.5. The van der Waals surface area contributed by atoms with Gasteiger partial charge in [-0.2, -0.15) is 5.10 Å². The highest BCUT2D eigenvalue weighted by Gasteiger charge is 2.29. The number of aryl methyl sites for hydroxylation is 1. The van der Waals surface area contributed by atoms with Gasteiger partial charge in [-0.15, -0.1) is 0 Å². The van der Waals surface area contributed by atoms with Gasteiger partial charge in [-0.1, -0.05) is 25.1 Å². The first-order chi connectivity index (χ1) is 17.9. The summed E-state index contributed by atoms with van der Waals surface area (Å²) in [4.78, 5) is 20.6. The summed E-state index contributed by atoms with van der Waals surface area (Å²) >= 11 is 0. The fraction of sp³-hybridized carbons (Fsp3) is 0.448. The van der Waals surface area contributed by atoms with Crippen molar-refractivity contribution in [3.63, 3.8) is 0 Å². The van der Waals surface area contributed by atoms with Crippen LogP contribution in [0.2, 0.25) is 0 Å². The van der Waals surface area contributed by atoms with Gasteiger partial charge >= 0.3 is 0 Å². The first kappa shape index (κ1) is 26.5. The SMILES string of the molecule is CCN1CCN(c2c(CN(C(=O)c3cc(OC)cc(OC)c3)C(C)C)c(C)nn2-c2ccccc2)CC1. The van der Waals surface area contributed by atoms with Gasteiger partial charge in [0.15, 0.2) is 0 Å². The number of hydrogen-bond donors (Lipinski definition) is 0. The normalized spacial score (nSPS) is 14.2. The number of methoxy groups -OCH3 is 2. The fourth-order valence-corrected chi connectivity index (χ4v) is 4.84. The highest BCUT2D eigenvalue weighted by Crippen LogP contribution is 2.31. The molecule has 1 aromatic heterocycles. The predicted molar refractivity (Wildman–Crippen MR) is 147 cm³/mol. The number of hydrogen-bond acceptors (Lipinski definition) is 6. The van der Waals surface area contributed by atoms with Gasteiger partial charge < -0.3 is 24.2 Å². The molecule has 2 aromatic carbocycles. The molecule has 8 heteroatoms. The van der Waals surface area contributed by atoms with Crippen molar-refractivity contribution in [1.29, 1.82) is 0 Å². The van der Waals surface area contributed by atoms with E-state index in [1.54, 1.807) is 32.4 Å². The van der Waals surface area contributed by atoms with Crippen LogP contribution in [-0.4, -0.2) is 78.5 Å². The Hall–Kier alpha value is -3.52. The first-order valence-electron chi connectivity index (χ1n) is 13.0. The standard InChI is InChI=1S/C29H39N5O3/c1-7-31-13-15-32(16-14-31)28-27(22(4)30-34(28)24-11-9-8-10-12-24)20-33(21(2)3)29(35)23-17-25(36-5)19-26(18-23)37-6/h8-12,17-19,21H,7,13-16,20H2,1-6H3. The number of aromatic nitrogens is 2. The van der Waals surface area contributed by atoms with Crippen LogP contribution in [0.1, 0.15) is 42.4 Å². The number of amides is 1. The lowest BCUT2D eigenvalue weighted by Gasteiger charge is -2.36. The summed E-state index contributed by atoms with van der Waals surface area (Å²) in [6.45, 7) is 13.7. The van der Waals surface area contributed by atoms with E-state index in [2.05, 4.69) is 28.9 Å². The third kappa shape index (κ3) is 5.74. The molecule has 1 aliphatic rings. The van der Waals surface area contributed by atoms with Crippen LogP contribution in [0.5, 0.6) is 11.5 Å². The molecule has 0 bridgehead atoms. The number of benzene rings is 2. The number of likely N-dealkylation sites (N-methyl/N-ethyl adjacent to an activating group) is 1. The summed E-state index contributed by atoms with van der Waals surface area (Å²) in [6.07, 6.45) is 0. The lowest BCUT2D eigenvalue weighted by atomic mass is 10.1. The van der Waals surface area contributed by atoms with Crippen LogP contribution < -0.4 is 14.4 Å².